The molecule has 0 bridgehead atoms. The molecule has 0 saturated carbocycles. The van der Waals surface area contributed by atoms with Gasteiger partial charge < -0.3 is 5.43 Å². The number of nitrogens with zero attached hydrogens (tertiary/aromatic N) is 3. The maximum atomic E-state index is 5.55. The first-order chi connectivity index (χ1) is 8.67. The highest BCUT2D eigenvalue weighted by molar-refractivity contribution is 7.99. The average Bonchev–Trinajstić information content (AvgIpc) is 2.40. The molecule has 6 heteroatoms. The highest BCUT2D eigenvalue weighted by Gasteiger charge is 2.25. The van der Waals surface area contributed by atoms with Crippen LogP contribution < -0.4 is 11.3 Å². The minimum Gasteiger partial charge on any atom is -0.308 e. The van der Waals surface area contributed by atoms with Gasteiger partial charge in [-0.3, -0.25) is 4.90 Å². The lowest BCUT2D eigenvalue weighted by atomic mass is 10.1. The van der Waals surface area contributed by atoms with Crippen LogP contribution in [0.15, 0.2) is 0 Å². The monoisotopic (exact) mass is 267 g/mol. The van der Waals surface area contributed by atoms with E-state index in [1.807, 2.05) is 18.7 Å². The Morgan fingerprint density at radius 3 is 2.89 bits per heavy atom. The summed E-state index contributed by atoms with van der Waals surface area (Å²) in [5.74, 6) is 9.42. The fourth-order valence-corrected chi connectivity index (χ4v) is 3.38. The van der Waals surface area contributed by atoms with E-state index in [-0.39, 0.29) is 0 Å². The van der Waals surface area contributed by atoms with E-state index in [4.69, 9.17) is 10.8 Å². The third-order valence-corrected chi connectivity index (χ3v) is 4.45. The van der Waals surface area contributed by atoms with Crippen LogP contribution in [0.1, 0.15) is 30.0 Å². The normalized spacial score (nSPS) is 21.0. The molecule has 0 amide bonds. The molecule has 0 aliphatic carbocycles. The lowest BCUT2D eigenvalue weighted by Crippen LogP contribution is -2.34. The van der Waals surface area contributed by atoms with Gasteiger partial charge >= 0.3 is 0 Å². The average molecular weight is 267 g/mol. The van der Waals surface area contributed by atoms with Gasteiger partial charge in [0.2, 0.25) is 0 Å². The van der Waals surface area contributed by atoms with Gasteiger partial charge in [0.05, 0.1) is 6.04 Å². The number of nitrogens with two attached hydrogens (primary N) is 1. The van der Waals surface area contributed by atoms with Crippen LogP contribution in [0.5, 0.6) is 0 Å². The molecule has 2 heterocycles. The lowest BCUT2D eigenvalue weighted by molar-refractivity contribution is 0.264. The summed E-state index contributed by atoms with van der Waals surface area (Å²) in [5, 5.41) is 0. The van der Waals surface area contributed by atoms with Crippen LogP contribution in [-0.2, 0) is 6.42 Å². The number of thioether (sulfide) groups is 1. The van der Waals surface area contributed by atoms with Crippen molar-refractivity contribution >= 4 is 17.6 Å². The van der Waals surface area contributed by atoms with Crippen LogP contribution in [0.3, 0.4) is 0 Å². The molecule has 1 aromatic heterocycles. The number of hydrogen-bond acceptors (Lipinski definition) is 6. The summed E-state index contributed by atoms with van der Waals surface area (Å²) in [5.41, 5.74) is 4.82. The molecule has 0 spiro atoms. The summed E-state index contributed by atoms with van der Waals surface area (Å²) in [6.07, 6.45) is 0.902. The maximum absolute atomic E-state index is 5.55. The quantitative estimate of drug-likeness (QED) is 0.636. The second-order valence-corrected chi connectivity index (χ2v) is 5.72. The van der Waals surface area contributed by atoms with Crippen molar-refractivity contribution in [3.8, 4) is 0 Å². The van der Waals surface area contributed by atoms with Gasteiger partial charge in [0.25, 0.3) is 0 Å². The Hall–Kier alpha value is -0.850. The van der Waals surface area contributed by atoms with Crippen LogP contribution in [0.2, 0.25) is 0 Å². The smallest absolute Gasteiger partial charge is 0.149 e. The first kappa shape index (κ1) is 13.6. The predicted octanol–water partition coefficient (Wildman–Crippen LogP) is 1.35. The zero-order valence-electron chi connectivity index (χ0n) is 11.2. The highest BCUT2D eigenvalue weighted by Crippen LogP contribution is 2.28. The Kier molecular flexibility index (Phi) is 4.42. The first-order valence-corrected chi connectivity index (χ1v) is 7.44. The van der Waals surface area contributed by atoms with Gasteiger partial charge in [0, 0.05) is 29.3 Å². The van der Waals surface area contributed by atoms with Crippen molar-refractivity contribution in [1.82, 2.24) is 14.9 Å². The van der Waals surface area contributed by atoms with Crippen LogP contribution >= 0.6 is 11.8 Å². The molecule has 1 aromatic rings. The maximum Gasteiger partial charge on any atom is 0.149 e. The number of aromatic nitrogens is 2. The Morgan fingerprint density at radius 1 is 1.50 bits per heavy atom. The molecule has 5 nitrogen and oxygen atoms in total. The molecule has 1 saturated heterocycles. The Labute approximate surface area is 113 Å². The molecule has 18 heavy (non-hydrogen) atoms. The largest absolute Gasteiger partial charge is 0.308 e. The van der Waals surface area contributed by atoms with E-state index in [1.165, 1.54) is 5.75 Å². The zero-order chi connectivity index (χ0) is 13.1. The van der Waals surface area contributed by atoms with Crippen molar-refractivity contribution in [2.75, 3.05) is 30.5 Å². The van der Waals surface area contributed by atoms with Crippen molar-refractivity contribution in [2.24, 2.45) is 5.84 Å². The van der Waals surface area contributed by atoms with Gasteiger partial charge in [-0.25, -0.2) is 15.8 Å². The summed E-state index contributed by atoms with van der Waals surface area (Å²) in [7, 11) is 2.13. The van der Waals surface area contributed by atoms with E-state index in [1.54, 1.807) is 0 Å². The summed E-state index contributed by atoms with van der Waals surface area (Å²) in [6, 6.07) is 0.293. The number of aryl methyl sites for hydroxylation is 1. The van der Waals surface area contributed by atoms with Gasteiger partial charge in [-0.05, 0) is 20.4 Å². The number of anilines is 1. The van der Waals surface area contributed by atoms with E-state index in [9.17, 15) is 0 Å². The van der Waals surface area contributed by atoms with Gasteiger partial charge in [-0.2, -0.15) is 11.8 Å². The molecule has 2 rings (SSSR count). The Bertz CT molecular complexity index is 398. The van der Waals surface area contributed by atoms with Crippen molar-refractivity contribution in [3.63, 3.8) is 0 Å². The number of hydrogen-bond donors (Lipinski definition) is 2. The van der Waals surface area contributed by atoms with Gasteiger partial charge in [-0.1, -0.05) is 6.92 Å². The van der Waals surface area contributed by atoms with Gasteiger partial charge in [0.15, 0.2) is 0 Å². The molecule has 1 aliphatic heterocycles. The topological polar surface area (TPSA) is 67.1 Å². The van der Waals surface area contributed by atoms with Crippen molar-refractivity contribution < 1.29 is 0 Å². The van der Waals surface area contributed by atoms with E-state index < -0.39 is 0 Å². The molecule has 0 radical (unpaired) electrons. The molecule has 3 N–H and O–H groups in total. The SMILES string of the molecule is CCc1nc(C2CSCCN2C)nc(NN)c1C. The second-order valence-electron chi connectivity index (χ2n) is 4.57. The molecule has 1 unspecified atom stereocenters. The van der Waals surface area contributed by atoms with Gasteiger partial charge in [-0.15, -0.1) is 0 Å². The summed E-state index contributed by atoms with van der Waals surface area (Å²) in [6.45, 7) is 5.20. The molecule has 100 valence electrons. The summed E-state index contributed by atoms with van der Waals surface area (Å²) in [4.78, 5) is 11.6. The third kappa shape index (κ3) is 2.60. The van der Waals surface area contributed by atoms with Crippen molar-refractivity contribution in [3.05, 3.63) is 17.1 Å². The van der Waals surface area contributed by atoms with Crippen LogP contribution in [-0.4, -0.2) is 40.0 Å². The van der Waals surface area contributed by atoms with E-state index in [0.717, 1.165) is 41.6 Å². The van der Waals surface area contributed by atoms with Crippen LogP contribution in [0.25, 0.3) is 0 Å². The standard InChI is InChI=1S/C12H21N5S/c1-4-9-8(2)11(16-13)15-12(14-9)10-7-18-6-5-17(10)3/h10H,4-7,13H2,1-3H3,(H,14,15,16). The highest BCUT2D eigenvalue weighted by atomic mass is 32.2. The van der Waals surface area contributed by atoms with Crippen molar-refractivity contribution in [1.29, 1.82) is 0 Å². The van der Waals surface area contributed by atoms with Crippen molar-refractivity contribution in [2.45, 2.75) is 26.3 Å². The minimum atomic E-state index is 0.293. The second kappa shape index (κ2) is 5.86. The van der Waals surface area contributed by atoms with E-state index >= 15 is 0 Å². The molecule has 1 aliphatic rings. The molecule has 1 fully saturated rings. The lowest BCUT2D eigenvalue weighted by Gasteiger charge is -2.31. The number of hydrazine groups is 1. The molecule has 1 atom stereocenters. The van der Waals surface area contributed by atoms with E-state index in [2.05, 4.69) is 29.3 Å². The van der Waals surface area contributed by atoms with E-state index in [0.29, 0.717) is 6.04 Å². The van der Waals surface area contributed by atoms with Crippen LogP contribution in [0.4, 0.5) is 5.82 Å². The summed E-state index contributed by atoms with van der Waals surface area (Å²) >= 11 is 1.96. The van der Waals surface area contributed by atoms with Crippen LogP contribution in [0, 0.1) is 6.92 Å². The predicted molar refractivity (Wildman–Crippen MR) is 76.7 cm³/mol. The Morgan fingerprint density at radius 2 is 2.28 bits per heavy atom. The molecule has 0 aromatic carbocycles. The number of nitrogen functional groups attached to an aromatic ring is 1. The molecular formula is C12H21N5S. The summed E-state index contributed by atoms with van der Waals surface area (Å²) < 4.78 is 0. The fraction of sp³-hybridized carbons (Fsp3) is 0.667. The van der Waals surface area contributed by atoms with Gasteiger partial charge in [0.1, 0.15) is 11.6 Å². The molecular weight excluding hydrogens is 246 g/mol. The number of nitrogens with one attached hydrogen (secondary N) is 1. The first-order valence-electron chi connectivity index (χ1n) is 6.29. The Balaban J connectivity index is 2.37. The third-order valence-electron chi connectivity index (χ3n) is 3.43. The minimum absolute atomic E-state index is 0.293. The fourth-order valence-electron chi connectivity index (χ4n) is 2.17. The zero-order valence-corrected chi connectivity index (χ0v) is 12.0. The number of rotatable bonds is 3.